The number of carbonyl (C=O) groups excluding carboxylic acids is 1. The van der Waals surface area contributed by atoms with Crippen molar-refractivity contribution in [1.82, 2.24) is 9.78 Å². The molecule has 0 aliphatic carbocycles. The monoisotopic (exact) mass is 336 g/mol. The molecule has 0 amide bonds. The number of ether oxygens (including phenoxy) is 1. The first-order chi connectivity index (χ1) is 9.66. The maximum atomic E-state index is 11.4. The van der Waals surface area contributed by atoms with E-state index in [-0.39, 0.29) is 4.69 Å². The van der Waals surface area contributed by atoms with E-state index < -0.39 is 0 Å². The second kappa shape index (κ2) is 7.36. The topological polar surface area (TPSA) is 44.1 Å². The highest BCUT2D eigenvalue weighted by Crippen LogP contribution is 2.09. The van der Waals surface area contributed by atoms with Crippen molar-refractivity contribution in [3.63, 3.8) is 0 Å². The maximum Gasteiger partial charge on any atom is 0.245 e. The molecule has 0 N–H and O–H groups in total. The first kappa shape index (κ1) is 14.9. The van der Waals surface area contributed by atoms with Gasteiger partial charge in [0.15, 0.2) is 0 Å². The summed E-state index contributed by atoms with van der Waals surface area (Å²) in [7, 11) is 0. The van der Waals surface area contributed by atoms with E-state index in [0.29, 0.717) is 25.5 Å². The van der Waals surface area contributed by atoms with Gasteiger partial charge < -0.3 is 4.74 Å². The number of benzene rings is 1. The van der Waals surface area contributed by atoms with Gasteiger partial charge >= 0.3 is 0 Å². The summed E-state index contributed by atoms with van der Waals surface area (Å²) in [6.07, 6.45) is 0.821. The van der Waals surface area contributed by atoms with E-state index in [4.69, 9.17) is 4.74 Å². The summed E-state index contributed by atoms with van der Waals surface area (Å²) in [4.78, 5) is 11.4. The Balaban J connectivity index is 1.75. The third kappa shape index (κ3) is 4.28. The lowest BCUT2D eigenvalue weighted by Gasteiger charge is -2.06. The molecule has 0 bridgehead atoms. The van der Waals surface area contributed by atoms with Gasteiger partial charge in [-0.2, -0.15) is 5.10 Å². The van der Waals surface area contributed by atoms with Crippen LogP contribution in [0.1, 0.15) is 28.2 Å². The Bertz CT molecular complexity index is 567. The van der Waals surface area contributed by atoms with E-state index in [0.717, 1.165) is 12.1 Å². The molecule has 106 valence electrons. The van der Waals surface area contributed by atoms with Crippen LogP contribution in [0.3, 0.4) is 0 Å². The summed E-state index contributed by atoms with van der Waals surface area (Å²) in [5.41, 5.74) is 2.60. The number of hydrogen-bond acceptors (Lipinski definition) is 3. The van der Waals surface area contributed by atoms with Crippen molar-refractivity contribution in [2.75, 3.05) is 6.61 Å². The summed E-state index contributed by atoms with van der Waals surface area (Å²) < 4.78 is 7.20. The Hall–Kier alpha value is -1.46. The molecule has 0 aliphatic rings. The third-order valence-corrected chi connectivity index (χ3v) is 3.28. The Morgan fingerprint density at radius 1 is 1.35 bits per heavy atom. The van der Waals surface area contributed by atoms with Gasteiger partial charge in [0.1, 0.15) is 5.69 Å². The Kier molecular flexibility index (Phi) is 5.49. The molecule has 1 aromatic carbocycles. The largest absolute Gasteiger partial charge is 0.377 e. The molecule has 0 aliphatic heterocycles. The molecule has 5 heteroatoms. The number of aromatic nitrogens is 2. The highest BCUT2D eigenvalue weighted by Gasteiger charge is 2.10. The number of nitrogens with zero attached hydrogens (tertiary/aromatic N) is 2. The van der Waals surface area contributed by atoms with Crippen LogP contribution in [-0.2, 0) is 17.9 Å². The first-order valence-electron chi connectivity index (χ1n) is 6.53. The molecule has 0 atom stereocenters. The third-order valence-electron chi connectivity index (χ3n) is 2.87. The minimum absolute atomic E-state index is 0.136. The SMILES string of the molecule is Cc1cc(C(=O)Br)n(CCCOCc2ccccc2)n1. The molecule has 1 heterocycles. The normalized spacial score (nSPS) is 10.7. The second-order valence-corrected chi connectivity index (χ2v) is 5.28. The van der Waals surface area contributed by atoms with Crippen molar-refractivity contribution in [3.8, 4) is 0 Å². The van der Waals surface area contributed by atoms with Gasteiger partial charge in [0.2, 0.25) is 4.69 Å². The van der Waals surface area contributed by atoms with Crippen LogP contribution in [0.25, 0.3) is 0 Å². The number of carbonyl (C=O) groups is 1. The van der Waals surface area contributed by atoms with Crippen molar-refractivity contribution < 1.29 is 9.53 Å². The van der Waals surface area contributed by atoms with Crippen molar-refractivity contribution in [3.05, 3.63) is 53.3 Å². The molecule has 0 saturated heterocycles. The van der Waals surface area contributed by atoms with Crippen LogP contribution in [-0.4, -0.2) is 21.1 Å². The zero-order chi connectivity index (χ0) is 14.4. The first-order valence-corrected chi connectivity index (χ1v) is 7.32. The molecule has 20 heavy (non-hydrogen) atoms. The fourth-order valence-corrected chi connectivity index (χ4v) is 2.27. The molecule has 0 radical (unpaired) electrons. The van der Waals surface area contributed by atoms with Gasteiger partial charge in [-0.1, -0.05) is 30.3 Å². The zero-order valence-electron chi connectivity index (χ0n) is 11.4. The lowest BCUT2D eigenvalue weighted by Crippen LogP contribution is -2.09. The predicted octanol–water partition coefficient (Wildman–Crippen LogP) is 3.33. The highest BCUT2D eigenvalue weighted by atomic mass is 79.9. The molecule has 1 aromatic heterocycles. The van der Waals surface area contributed by atoms with Crippen LogP contribution >= 0.6 is 15.9 Å². The van der Waals surface area contributed by atoms with Gasteiger partial charge in [0, 0.05) is 13.2 Å². The van der Waals surface area contributed by atoms with E-state index in [1.807, 2.05) is 37.3 Å². The van der Waals surface area contributed by atoms with Crippen molar-refractivity contribution in [2.24, 2.45) is 0 Å². The fourth-order valence-electron chi connectivity index (χ4n) is 1.95. The van der Waals surface area contributed by atoms with E-state index in [1.165, 1.54) is 5.56 Å². The summed E-state index contributed by atoms with van der Waals surface area (Å²) in [5, 5.41) is 4.30. The zero-order valence-corrected chi connectivity index (χ0v) is 13.0. The van der Waals surface area contributed by atoms with Crippen LogP contribution in [0.4, 0.5) is 0 Å². The van der Waals surface area contributed by atoms with Gasteiger partial charge in [-0.3, -0.25) is 9.48 Å². The molecule has 4 nitrogen and oxygen atoms in total. The van der Waals surface area contributed by atoms with Gasteiger partial charge in [-0.25, -0.2) is 0 Å². The second-order valence-electron chi connectivity index (χ2n) is 4.56. The smallest absolute Gasteiger partial charge is 0.245 e. The van der Waals surface area contributed by atoms with E-state index in [2.05, 4.69) is 21.0 Å². The van der Waals surface area contributed by atoms with Crippen LogP contribution in [0.2, 0.25) is 0 Å². The number of rotatable bonds is 7. The number of halogens is 1. The molecule has 0 fully saturated rings. The maximum absolute atomic E-state index is 11.4. The van der Waals surface area contributed by atoms with E-state index in [1.54, 1.807) is 10.7 Å². The Labute approximate surface area is 126 Å². The minimum Gasteiger partial charge on any atom is -0.377 e. The van der Waals surface area contributed by atoms with Crippen molar-refractivity contribution in [1.29, 1.82) is 0 Å². The fraction of sp³-hybridized carbons (Fsp3) is 0.333. The quantitative estimate of drug-likeness (QED) is 0.575. The average Bonchev–Trinajstić information content (AvgIpc) is 2.81. The molecule has 0 saturated carbocycles. The van der Waals surface area contributed by atoms with Crippen LogP contribution in [0, 0.1) is 6.92 Å². The van der Waals surface area contributed by atoms with Gasteiger partial charge in [0.25, 0.3) is 0 Å². The minimum atomic E-state index is -0.136. The van der Waals surface area contributed by atoms with Gasteiger partial charge in [-0.15, -0.1) is 0 Å². The van der Waals surface area contributed by atoms with E-state index in [9.17, 15) is 4.79 Å². The number of aryl methyl sites for hydroxylation is 2. The molecular weight excluding hydrogens is 320 g/mol. The standard InChI is InChI=1S/C15H17BrN2O2/c1-12-10-14(15(16)19)18(17-12)8-5-9-20-11-13-6-3-2-4-7-13/h2-4,6-7,10H,5,8-9,11H2,1H3. The highest BCUT2D eigenvalue weighted by molar-refractivity contribution is 9.18. The predicted molar refractivity (Wildman–Crippen MR) is 80.9 cm³/mol. The molecule has 0 unspecified atom stereocenters. The Morgan fingerprint density at radius 2 is 2.10 bits per heavy atom. The number of hydrogen-bond donors (Lipinski definition) is 0. The average molecular weight is 337 g/mol. The Morgan fingerprint density at radius 3 is 2.80 bits per heavy atom. The van der Waals surface area contributed by atoms with Crippen molar-refractivity contribution in [2.45, 2.75) is 26.5 Å². The molecule has 0 spiro atoms. The lowest BCUT2D eigenvalue weighted by molar-refractivity contribution is 0.107. The lowest BCUT2D eigenvalue weighted by atomic mass is 10.2. The summed E-state index contributed by atoms with van der Waals surface area (Å²) in [6, 6.07) is 11.8. The van der Waals surface area contributed by atoms with E-state index >= 15 is 0 Å². The molecular formula is C15H17BrN2O2. The van der Waals surface area contributed by atoms with Crippen molar-refractivity contribution >= 4 is 20.6 Å². The summed E-state index contributed by atoms with van der Waals surface area (Å²) in [5.74, 6) is 0. The molecule has 2 aromatic rings. The van der Waals surface area contributed by atoms with Gasteiger partial charge in [0.05, 0.1) is 12.3 Å². The van der Waals surface area contributed by atoms with Crippen LogP contribution in [0.15, 0.2) is 36.4 Å². The summed E-state index contributed by atoms with van der Waals surface area (Å²) >= 11 is 2.97. The van der Waals surface area contributed by atoms with Crippen LogP contribution < -0.4 is 0 Å². The summed E-state index contributed by atoms with van der Waals surface area (Å²) in [6.45, 7) is 3.81. The molecule has 2 rings (SSSR count). The van der Waals surface area contributed by atoms with Crippen LogP contribution in [0.5, 0.6) is 0 Å². The van der Waals surface area contributed by atoms with Gasteiger partial charge in [-0.05, 0) is 40.9 Å².